The van der Waals surface area contributed by atoms with E-state index < -0.39 is 131 Å². The lowest BCUT2D eigenvalue weighted by Gasteiger charge is -2.48. The first-order valence-corrected chi connectivity index (χ1v) is 41.9. The highest BCUT2D eigenvalue weighted by Gasteiger charge is 2.54. The number of aliphatic hydroxyl groups is 11. The number of amides is 1. The molecule has 0 aromatic heterocycles. The van der Waals surface area contributed by atoms with Gasteiger partial charge in [0.1, 0.15) is 73.2 Å². The molecule has 0 spiro atoms. The molecule has 0 saturated carbocycles. The van der Waals surface area contributed by atoms with E-state index in [0.29, 0.717) is 12.8 Å². The van der Waals surface area contributed by atoms with E-state index in [1.54, 1.807) is 6.08 Å². The van der Waals surface area contributed by atoms with Crippen LogP contribution in [0.5, 0.6) is 0 Å². The summed E-state index contributed by atoms with van der Waals surface area (Å²) in [6.07, 6.45) is 74.8. The molecule has 109 heavy (non-hydrogen) atoms. The van der Waals surface area contributed by atoms with Gasteiger partial charge in [-0.1, -0.05) is 300 Å². The molecule has 3 rings (SSSR count). The van der Waals surface area contributed by atoms with Crippen LogP contribution in [0.3, 0.4) is 0 Å². The quantitative estimate of drug-likeness (QED) is 0.0199. The molecule has 0 aromatic carbocycles. The molecule has 12 N–H and O–H groups in total. The molecule has 19 nitrogen and oxygen atoms in total. The molecule has 0 radical (unpaired) electrons. The number of allylic oxidation sites excluding steroid dienone is 27. The van der Waals surface area contributed by atoms with Crippen molar-refractivity contribution in [2.45, 2.75) is 362 Å². The summed E-state index contributed by atoms with van der Waals surface area (Å²) in [5.41, 5.74) is 0. The van der Waals surface area contributed by atoms with Gasteiger partial charge in [0.25, 0.3) is 0 Å². The Morgan fingerprint density at radius 1 is 0.339 bits per heavy atom. The van der Waals surface area contributed by atoms with Crippen molar-refractivity contribution in [3.05, 3.63) is 170 Å². The largest absolute Gasteiger partial charge is 0.394 e. The Labute approximate surface area is 656 Å². The van der Waals surface area contributed by atoms with Gasteiger partial charge in [-0.05, 0) is 122 Å². The first kappa shape index (κ1) is 98.3. The minimum Gasteiger partial charge on any atom is -0.394 e. The van der Waals surface area contributed by atoms with Crippen molar-refractivity contribution < 1.29 is 89.4 Å². The zero-order valence-electron chi connectivity index (χ0n) is 66.5. The van der Waals surface area contributed by atoms with Crippen molar-refractivity contribution in [1.29, 1.82) is 0 Å². The maximum absolute atomic E-state index is 13.5. The fourth-order valence-electron chi connectivity index (χ4n) is 12.8. The lowest BCUT2D eigenvalue weighted by molar-refractivity contribution is -0.379. The number of unbranched alkanes of at least 4 members (excludes halogenated alkanes) is 22. The summed E-state index contributed by atoms with van der Waals surface area (Å²) >= 11 is 0. The van der Waals surface area contributed by atoms with Crippen LogP contribution < -0.4 is 5.32 Å². The predicted octanol–water partition coefficient (Wildman–Crippen LogP) is 14.9. The topological polar surface area (TPSA) is 307 Å². The number of hydrogen-bond acceptors (Lipinski definition) is 18. The first-order chi connectivity index (χ1) is 53.3. The van der Waals surface area contributed by atoms with Crippen LogP contribution in [0.15, 0.2) is 170 Å². The van der Waals surface area contributed by atoms with Gasteiger partial charge in [0, 0.05) is 6.42 Å². The van der Waals surface area contributed by atoms with Crippen molar-refractivity contribution >= 4 is 5.91 Å². The second kappa shape index (κ2) is 67.6. The normalized spacial score (nSPS) is 26.2. The molecule has 3 saturated heterocycles. The first-order valence-electron chi connectivity index (χ1n) is 41.9. The molecule has 0 aromatic rings. The number of ether oxygens (including phenoxy) is 6. The third kappa shape index (κ3) is 46.8. The summed E-state index contributed by atoms with van der Waals surface area (Å²) < 4.78 is 34.4. The predicted molar refractivity (Wildman–Crippen MR) is 438 cm³/mol. The number of nitrogens with one attached hydrogen (secondary N) is 1. The minimum atomic E-state index is -2.00. The van der Waals surface area contributed by atoms with Crippen LogP contribution in [-0.4, -0.2) is 193 Å². The molecular weight excluding hydrogens is 1380 g/mol. The van der Waals surface area contributed by atoms with Crippen LogP contribution in [0.4, 0.5) is 0 Å². The summed E-state index contributed by atoms with van der Waals surface area (Å²) in [7, 11) is 0. The summed E-state index contributed by atoms with van der Waals surface area (Å²) in [5.74, 6) is -0.333. The molecule has 1 amide bonds. The third-order valence-electron chi connectivity index (χ3n) is 19.5. The minimum absolute atomic E-state index is 0.169. The van der Waals surface area contributed by atoms with E-state index in [0.717, 1.165) is 109 Å². The van der Waals surface area contributed by atoms with E-state index in [1.807, 2.05) is 6.08 Å². The van der Waals surface area contributed by atoms with E-state index in [2.05, 4.69) is 177 Å². The van der Waals surface area contributed by atoms with Crippen molar-refractivity contribution in [1.82, 2.24) is 5.32 Å². The molecule has 3 aliphatic heterocycles. The van der Waals surface area contributed by atoms with Gasteiger partial charge in [-0.25, -0.2) is 0 Å². The number of carbonyl (C=O) groups excluding carboxylic acids is 1. The molecule has 17 unspecified atom stereocenters. The van der Waals surface area contributed by atoms with E-state index in [1.165, 1.54) is 116 Å². The van der Waals surface area contributed by atoms with Crippen molar-refractivity contribution in [3.8, 4) is 0 Å². The molecule has 620 valence electrons. The Balaban J connectivity index is 1.39. The highest BCUT2D eigenvalue weighted by molar-refractivity contribution is 5.76. The fraction of sp³-hybridized carbons (Fsp3) is 0.678. The van der Waals surface area contributed by atoms with Gasteiger partial charge in [0.2, 0.25) is 5.91 Å². The summed E-state index contributed by atoms with van der Waals surface area (Å²) in [5, 5.41) is 121. The van der Waals surface area contributed by atoms with Gasteiger partial charge in [0.15, 0.2) is 18.9 Å². The van der Waals surface area contributed by atoms with Crippen LogP contribution >= 0.6 is 0 Å². The maximum atomic E-state index is 13.5. The van der Waals surface area contributed by atoms with Gasteiger partial charge >= 0.3 is 0 Å². The van der Waals surface area contributed by atoms with E-state index in [4.69, 9.17) is 28.4 Å². The Bertz CT molecular complexity index is 2640. The van der Waals surface area contributed by atoms with Gasteiger partial charge in [-0.15, -0.1) is 0 Å². The molecular formula is C90H147NO18. The van der Waals surface area contributed by atoms with Gasteiger partial charge in [-0.3, -0.25) is 4.79 Å². The standard InChI is InChI=1S/C90H147NO18/c1-3-5-7-9-11-13-15-17-19-21-23-25-27-29-30-31-32-33-34-35-36-37-38-39-40-41-42-44-46-48-50-52-54-56-58-60-62-64-66-68-78(96)91-73(74(95)67-65-63-61-59-57-55-53-51-49-47-45-43-28-26-24-22-20-18-16-14-12-10-8-6-4-2)72-104-88-84(102)81(99)86(76(70-93)106-88)109-90-85(103)82(100)87(77(71-94)107-90)108-89-83(101)80(98)79(97)75(69-92)105-89/h5,7,11,13,17,19,23,25,29-30,32-33,35-36,38-39,41-42,46,48,52,54,57-60,65,67,73-77,79-90,92-95,97-103H,3-4,6,8-10,12,14-16,18,20-22,24,26-28,31,34,37,40,43-45,47,49-51,53,55-56,61-64,66,68-72H2,1-2H3,(H,91,96)/b7-5-,13-11-,19-17-,25-23-,30-29-,33-32-,36-35-,39-38-,42-41-,48-46-,54-52-,59-57+,60-58-,67-65+. The van der Waals surface area contributed by atoms with E-state index in [-0.39, 0.29) is 12.3 Å². The second-order valence-electron chi connectivity index (χ2n) is 28.8. The van der Waals surface area contributed by atoms with E-state index in [9.17, 15) is 61.0 Å². The van der Waals surface area contributed by atoms with Crippen LogP contribution in [0.2, 0.25) is 0 Å². The smallest absolute Gasteiger partial charge is 0.220 e. The number of aliphatic hydroxyl groups excluding tert-OH is 11. The molecule has 0 aliphatic carbocycles. The SMILES string of the molecule is CC/C=C\C/C=C\C/C=C\C/C=C\C/C=C\C/C=C\C/C=C\C/C=C\C/C=C\C/C=C\C/C=C\C/C=C\CCCCC(=O)NC(COC1OC(CO)C(OC2OC(CO)C(OC3OC(CO)C(O)C(O)C3O)C(O)C2O)C(O)C1O)C(O)/C=C/CC/C=C/CCCCCCCCCCCCCCCCCCCCC. The Kier molecular flexibility index (Phi) is 61.0. The molecule has 3 fully saturated rings. The van der Waals surface area contributed by atoms with Gasteiger partial charge in [-0.2, -0.15) is 0 Å². The monoisotopic (exact) mass is 1530 g/mol. The van der Waals surface area contributed by atoms with Crippen LogP contribution in [0.1, 0.15) is 258 Å². The average molecular weight is 1530 g/mol. The average Bonchev–Trinajstić information content (AvgIpc) is 0.759. The Morgan fingerprint density at radius 3 is 1.03 bits per heavy atom. The second-order valence-corrected chi connectivity index (χ2v) is 28.8. The Morgan fingerprint density at radius 2 is 0.642 bits per heavy atom. The molecule has 3 aliphatic rings. The summed E-state index contributed by atoms with van der Waals surface area (Å²) in [6, 6.07) is -1.03. The van der Waals surface area contributed by atoms with Crippen LogP contribution in [0, 0.1) is 0 Å². The highest BCUT2D eigenvalue weighted by Crippen LogP contribution is 2.33. The maximum Gasteiger partial charge on any atom is 0.220 e. The lowest BCUT2D eigenvalue weighted by Crippen LogP contribution is -2.66. The zero-order chi connectivity index (χ0) is 78.8. The third-order valence-corrected chi connectivity index (χ3v) is 19.5. The lowest BCUT2D eigenvalue weighted by atomic mass is 9.96. The van der Waals surface area contributed by atoms with E-state index >= 15 is 0 Å². The molecule has 19 heteroatoms. The zero-order valence-corrected chi connectivity index (χ0v) is 66.5. The number of hydrogen-bond donors (Lipinski definition) is 12. The van der Waals surface area contributed by atoms with Crippen LogP contribution in [0.25, 0.3) is 0 Å². The summed E-state index contributed by atoms with van der Waals surface area (Å²) in [6.45, 7) is 1.57. The van der Waals surface area contributed by atoms with Crippen LogP contribution in [-0.2, 0) is 33.2 Å². The van der Waals surface area contributed by atoms with Crippen molar-refractivity contribution in [2.24, 2.45) is 0 Å². The highest BCUT2D eigenvalue weighted by atomic mass is 16.8. The fourth-order valence-corrected chi connectivity index (χ4v) is 12.8. The van der Waals surface area contributed by atoms with Gasteiger partial charge in [0.05, 0.1) is 38.6 Å². The molecule has 0 bridgehead atoms. The number of carbonyl (C=O) groups is 1. The summed E-state index contributed by atoms with van der Waals surface area (Å²) in [4.78, 5) is 13.5. The molecule has 3 heterocycles. The van der Waals surface area contributed by atoms with Crippen molar-refractivity contribution in [3.63, 3.8) is 0 Å². The van der Waals surface area contributed by atoms with Gasteiger partial charge < -0.3 is 89.9 Å². The Hall–Kier alpha value is -4.85. The number of rotatable bonds is 64. The molecule has 17 atom stereocenters. The van der Waals surface area contributed by atoms with Crippen molar-refractivity contribution in [2.75, 3.05) is 26.4 Å².